The molecule has 0 spiro atoms. The van der Waals surface area contributed by atoms with Gasteiger partial charge in [-0.15, -0.1) is 0 Å². The van der Waals surface area contributed by atoms with E-state index in [0.717, 1.165) is 4.88 Å². The molecule has 0 unspecified atom stereocenters. The first-order chi connectivity index (χ1) is 8.40. The van der Waals surface area contributed by atoms with Crippen LogP contribution in [0, 0.1) is 11.8 Å². The molecule has 0 radical (unpaired) electrons. The maximum Gasteiger partial charge on any atom is 0.413 e. The molecule has 0 aromatic carbocycles. The van der Waals surface area contributed by atoms with Crippen molar-refractivity contribution in [1.29, 1.82) is 0 Å². The molecule has 1 rings (SSSR count). The van der Waals surface area contributed by atoms with Crippen LogP contribution in [0.4, 0.5) is 9.93 Å². The van der Waals surface area contributed by atoms with E-state index in [2.05, 4.69) is 27.5 Å². The quantitative estimate of drug-likeness (QED) is 0.805. The minimum Gasteiger partial charge on any atom is -0.444 e. The molecule has 0 saturated heterocycles. The van der Waals surface area contributed by atoms with Crippen molar-refractivity contribution in [2.24, 2.45) is 0 Å². The number of anilines is 1. The third kappa shape index (κ3) is 5.66. The Morgan fingerprint density at radius 1 is 1.56 bits per heavy atom. The summed E-state index contributed by atoms with van der Waals surface area (Å²) >= 11 is 1.31. The number of rotatable bonds is 2. The SMILES string of the molecule is CNCC#Cc1cnc(NC(=O)OC(C)(C)C)s1. The molecule has 1 aromatic rings. The van der Waals surface area contributed by atoms with Crippen LogP contribution in [0.1, 0.15) is 25.6 Å². The van der Waals surface area contributed by atoms with E-state index in [1.807, 2.05) is 27.8 Å². The van der Waals surface area contributed by atoms with E-state index in [4.69, 9.17) is 4.74 Å². The fraction of sp³-hybridized carbons (Fsp3) is 0.500. The lowest BCUT2D eigenvalue weighted by Gasteiger charge is -2.18. The number of ether oxygens (including phenoxy) is 1. The van der Waals surface area contributed by atoms with Gasteiger partial charge in [-0.25, -0.2) is 9.78 Å². The third-order valence-electron chi connectivity index (χ3n) is 1.59. The van der Waals surface area contributed by atoms with Crippen LogP contribution < -0.4 is 10.6 Å². The van der Waals surface area contributed by atoms with Gasteiger partial charge in [0.25, 0.3) is 0 Å². The van der Waals surface area contributed by atoms with Gasteiger partial charge in [0, 0.05) is 0 Å². The number of hydrogen-bond acceptors (Lipinski definition) is 5. The molecule has 18 heavy (non-hydrogen) atoms. The number of amides is 1. The van der Waals surface area contributed by atoms with E-state index >= 15 is 0 Å². The van der Waals surface area contributed by atoms with Crippen molar-refractivity contribution >= 4 is 22.6 Å². The Morgan fingerprint density at radius 3 is 2.89 bits per heavy atom. The van der Waals surface area contributed by atoms with Crippen LogP contribution in [-0.4, -0.2) is 30.3 Å². The average Bonchev–Trinajstić information content (AvgIpc) is 2.63. The summed E-state index contributed by atoms with van der Waals surface area (Å²) in [5, 5.41) is 5.98. The molecule has 0 atom stereocenters. The Balaban J connectivity index is 2.55. The van der Waals surface area contributed by atoms with Crippen molar-refractivity contribution in [3.63, 3.8) is 0 Å². The Hall–Kier alpha value is -1.58. The van der Waals surface area contributed by atoms with Gasteiger partial charge in [-0.1, -0.05) is 23.2 Å². The number of nitrogens with one attached hydrogen (secondary N) is 2. The average molecular weight is 267 g/mol. The lowest BCUT2D eigenvalue weighted by Crippen LogP contribution is -2.27. The molecule has 2 N–H and O–H groups in total. The van der Waals surface area contributed by atoms with Crippen LogP contribution in [0.15, 0.2) is 6.20 Å². The Kier molecular flexibility index (Phi) is 5.13. The zero-order valence-electron chi connectivity index (χ0n) is 11.0. The molecule has 1 aromatic heterocycles. The topological polar surface area (TPSA) is 63.2 Å². The van der Waals surface area contributed by atoms with Crippen LogP contribution in [0.3, 0.4) is 0 Å². The first kappa shape index (κ1) is 14.5. The minimum absolute atomic E-state index is 0.484. The maximum atomic E-state index is 11.5. The summed E-state index contributed by atoms with van der Waals surface area (Å²) in [7, 11) is 1.83. The monoisotopic (exact) mass is 267 g/mol. The molecule has 1 amide bonds. The summed E-state index contributed by atoms with van der Waals surface area (Å²) in [6.07, 6.45) is 1.12. The zero-order valence-corrected chi connectivity index (χ0v) is 11.8. The van der Waals surface area contributed by atoms with Crippen molar-refractivity contribution < 1.29 is 9.53 Å². The summed E-state index contributed by atoms with van der Waals surface area (Å²) in [5.74, 6) is 5.86. The molecule has 0 aliphatic rings. The van der Waals surface area contributed by atoms with Crippen molar-refractivity contribution in [2.45, 2.75) is 26.4 Å². The van der Waals surface area contributed by atoms with Crippen molar-refractivity contribution in [1.82, 2.24) is 10.3 Å². The second kappa shape index (κ2) is 6.38. The van der Waals surface area contributed by atoms with Crippen molar-refractivity contribution in [3.05, 3.63) is 11.1 Å². The van der Waals surface area contributed by atoms with E-state index in [-0.39, 0.29) is 0 Å². The van der Waals surface area contributed by atoms with E-state index < -0.39 is 11.7 Å². The standard InChI is InChI=1S/C12H17N3O2S/c1-12(2,3)17-11(16)15-10-14-8-9(18-10)6-5-7-13-4/h8,13H,7H2,1-4H3,(H,14,15,16). The highest BCUT2D eigenvalue weighted by atomic mass is 32.1. The van der Waals surface area contributed by atoms with Crippen LogP contribution in [0.5, 0.6) is 0 Å². The molecule has 0 bridgehead atoms. The largest absolute Gasteiger partial charge is 0.444 e. The van der Waals surface area contributed by atoms with Gasteiger partial charge in [-0.3, -0.25) is 5.32 Å². The van der Waals surface area contributed by atoms with Gasteiger partial charge in [-0.2, -0.15) is 0 Å². The lowest BCUT2D eigenvalue weighted by molar-refractivity contribution is 0.0636. The first-order valence-electron chi connectivity index (χ1n) is 5.50. The van der Waals surface area contributed by atoms with Gasteiger partial charge in [0.05, 0.1) is 17.6 Å². The number of carbonyl (C=O) groups excluding carboxylic acids is 1. The predicted molar refractivity (Wildman–Crippen MR) is 72.8 cm³/mol. The second-order valence-corrected chi connectivity index (χ2v) is 5.52. The van der Waals surface area contributed by atoms with Crippen LogP contribution in [-0.2, 0) is 4.74 Å². The first-order valence-corrected chi connectivity index (χ1v) is 6.31. The number of aromatic nitrogens is 1. The Labute approximate surface area is 111 Å². The highest BCUT2D eigenvalue weighted by Crippen LogP contribution is 2.18. The molecule has 0 aliphatic carbocycles. The van der Waals surface area contributed by atoms with Gasteiger partial charge in [0.1, 0.15) is 5.60 Å². The summed E-state index contributed by atoms with van der Waals surface area (Å²) in [6, 6.07) is 0. The van der Waals surface area contributed by atoms with E-state index in [1.165, 1.54) is 11.3 Å². The van der Waals surface area contributed by atoms with E-state index in [0.29, 0.717) is 11.7 Å². The highest BCUT2D eigenvalue weighted by molar-refractivity contribution is 7.16. The van der Waals surface area contributed by atoms with E-state index in [1.54, 1.807) is 6.20 Å². The number of carbonyl (C=O) groups is 1. The second-order valence-electron chi connectivity index (χ2n) is 4.49. The zero-order chi connectivity index (χ0) is 13.6. The Morgan fingerprint density at radius 2 is 2.28 bits per heavy atom. The number of hydrogen-bond donors (Lipinski definition) is 2. The molecule has 6 heteroatoms. The van der Waals surface area contributed by atoms with Gasteiger partial charge in [0.2, 0.25) is 0 Å². The fourth-order valence-corrected chi connectivity index (χ4v) is 1.68. The third-order valence-corrected chi connectivity index (χ3v) is 2.42. The molecule has 0 saturated carbocycles. The van der Waals surface area contributed by atoms with Crippen molar-refractivity contribution in [3.8, 4) is 11.8 Å². The molecular weight excluding hydrogens is 250 g/mol. The van der Waals surface area contributed by atoms with Crippen LogP contribution >= 0.6 is 11.3 Å². The molecule has 98 valence electrons. The van der Waals surface area contributed by atoms with E-state index in [9.17, 15) is 4.79 Å². The summed E-state index contributed by atoms with van der Waals surface area (Å²) in [6.45, 7) is 6.04. The molecular formula is C12H17N3O2S. The highest BCUT2D eigenvalue weighted by Gasteiger charge is 2.16. The normalized spacial score (nSPS) is 10.4. The van der Waals surface area contributed by atoms with Gasteiger partial charge >= 0.3 is 6.09 Å². The predicted octanol–water partition coefficient (Wildman–Crippen LogP) is 2.06. The Bertz CT molecular complexity index is 466. The van der Waals surface area contributed by atoms with Crippen LogP contribution in [0.2, 0.25) is 0 Å². The molecule has 0 aliphatic heterocycles. The smallest absolute Gasteiger partial charge is 0.413 e. The van der Waals surface area contributed by atoms with Gasteiger partial charge in [-0.05, 0) is 27.8 Å². The van der Waals surface area contributed by atoms with Crippen molar-refractivity contribution in [2.75, 3.05) is 18.9 Å². The molecule has 1 heterocycles. The minimum atomic E-state index is -0.517. The fourth-order valence-electron chi connectivity index (χ4n) is 1.00. The summed E-state index contributed by atoms with van der Waals surface area (Å²) in [5.41, 5.74) is -0.517. The summed E-state index contributed by atoms with van der Waals surface area (Å²) in [4.78, 5) is 16.3. The van der Waals surface area contributed by atoms with Gasteiger partial charge < -0.3 is 10.1 Å². The number of thiazole rings is 1. The van der Waals surface area contributed by atoms with Crippen LogP contribution in [0.25, 0.3) is 0 Å². The molecule has 0 fully saturated rings. The lowest BCUT2D eigenvalue weighted by atomic mass is 10.2. The van der Waals surface area contributed by atoms with Gasteiger partial charge in [0.15, 0.2) is 5.13 Å². The maximum absolute atomic E-state index is 11.5. The summed E-state index contributed by atoms with van der Waals surface area (Å²) < 4.78 is 5.12. The molecule has 5 nitrogen and oxygen atoms in total. The number of nitrogens with zero attached hydrogens (tertiary/aromatic N) is 1.